The van der Waals surface area contributed by atoms with Crippen LogP contribution in [0.3, 0.4) is 0 Å². The fourth-order valence-corrected chi connectivity index (χ4v) is 3.42. The number of Topliss-reactive ketones (excluding diaryl/α,β-unsaturated/α-hetero) is 1. The molecule has 1 unspecified atom stereocenters. The van der Waals surface area contributed by atoms with Gasteiger partial charge in [-0.15, -0.1) is 11.3 Å². The molecule has 4 heteroatoms. The van der Waals surface area contributed by atoms with E-state index in [1.165, 1.54) is 4.70 Å². The van der Waals surface area contributed by atoms with Crippen LogP contribution in [-0.2, 0) is 4.79 Å². The molecule has 2 nitrogen and oxygen atoms in total. The Hall–Kier alpha value is -0.870. The Morgan fingerprint density at radius 2 is 2.25 bits per heavy atom. The number of para-hydroxylation sites is 1. The molecular weight excluding hydrogens is 238 g/mol. The summed E-state index contributed by atoms with van der Waals surface area (Å²) in [4.78, 5) is 15.6. The van der Waals surface area contributed by atoms with Gasteiger partial charge in [0.25, 0.3) is 0 Å². The van der Waals surface area contributed by atoms with E-state index in [1.807, 2.05) is 25.1 Å². The van der Waals surface area contributed by atoms with Gasteiger partial charge in [-0.2, -0.15) is 0 Å². The molecule has 0 aliphatic carbocycles. The van der Waals surface area contributed by atoms with Gasteiger partial charge in [0.2, 0.25) is 0 Å². The molecule has 0 bridgehead atoms. The Morgan fingerprint density at radius 3 is 2.94 bits per heavy atom. The summed E-state index contributed by atoms with van der Waals surface area (Å²) < 4.78 is 2.26. The molecule has 1 heterocycles. The Labute approximate surface area is 103 Å². The molecule has 0 spiro atoms. The van der Waals surface area contributed by atoms with Crippen molar-refractivity contribution < 1.29 is 4.79 Å². The predicted molar refractivity (Wildman–Crippen MR) is 70.2 cm³/mol. The van der Waals surface area contributed by atoms with Gasteiger partial charge in [-0.1, -0.05) is 30.8 Å². The number of carbonyl (C=O) groups is 1. The molecule has 2 rings (SSSR count). The minimum Gasteiger partial charge on any atom is -0.300 e. The zero-order valence-electron chi connectivity index (χ0n) is 9.27. The van der Waals surface area contributed by atoms with Crippen LogP contribution >= 0.6 is 23.1 Å². The van der Waals surface area contributed by atoms with Gasteiger partial charge in [-0.3, -0.25) is 4.79 Å². The number of hydrogen-bond donors (Lipinski definition) is 0. The summed E-state index contributed by atoms with van der Waals surface area (Å²) in [6.07, 6.45) is 0. The van der Waals surface area contributed by atoms with Crippen molar-refractivity contribution in [3.05, 3.63) is 24.3 Å². The highest BCUT2D eigenvalue weighted by atomic mass is 32.2. The third kappa shape index (κ3) is 2.62. The monoisotopic (exact) mass is 251 g/mol. The number of fused-ring (bicyclic) bond motifs is 1. The summed E-state index contributed by atoms with van der Waals surface area (Å²) in [5.74, 6) is 1.17. The van der Waals surface area contributed by atoms with Crippen molar-refractivity contribution >= 4 is 39.1 Å². The topological polar surface area (TPSA) is 30.0 Å². The van der Waals surface area contributed by atoms with Crippen molar-refractivity contribution in [3.63, 3.8) is 0 Å². The van der Waals surface area contributed by atoms with Crippen LogP contribution in [0, 0.1) is 5.92 Å². The van der Waals surface area contributed by atoms with E-state index in [9.17, 15) is 4.79 Å². The molecule has 0 aliphatic rings. The van der Waals surface area contributed by atoms with E-state index in [2.05, 4.69) is 11.1 Å². The Kier molecular flexibility index (Phi) is 3.61. The molecule has 0 saturated heterocycles. The summed E-state index contributed by atoms with van der Waals surface area (Å²) in [6, 6.07) is 8.11. The summed E-state index contributed by atoms with van der Waals surface area (Å²) in [7, 11) is 0. The second-order valence-corrected chi connectivity index (χ2v) is 6.07. The van der Waals surface area contributed by atoms with Crippen molar-refractivity contribution in [2.45, 2.75) is 18.2 Å². The predicted octanol–water partition coefficient (Wildman–Crippen LogP) is 3.61. The lowest BCUT2D eigenvalue weighted by Crippen LogP contribution is -2.08. The lowest BCUT2D eigenvalue weighted by atomic mass is 10.1. The van der Waals surface area contributed by atoms with Crippen molar-refractivity contribution in [2.24, 2.45) is 5.92 Å². The quantitative estimate of drug-likeness (QED) is 0.777. The van der Waals surface area contributed by atoms with Gasteiger partial charge in [-0.25, -0.2) is 4.98 Å². The number of ketones is 1. The summed E-state index contributed by atoms with van der Waals surface area (Å²) in [5, 5.41) is 0. The van der Waals surface area contributed by atoms with Crippen molar-refractivity contribution in [2.75, 3.05) is 5.75 Å². The van der Waals surface area contributed by atoms with Gasteiger partial charge in [0.05, 0.1) is 10.2 Å². The van der Waals surface area contributed by atoms with Crippen molar-refractivity contribution in [1.82, 2.24) is 4.98 Å². The van der Waals surface area contributed by atoms with Gasteiger partial charge in [0.15, 0.2) is 4.34 Å². The van der Waals surface area contributed by atoms with Crippen LogP contribution in [0.15, 0.2) is 28.6 Å². The lowest BCUT2D eigenvalue weighted by molar-refractivity contribution is -0.119. The molecule has 0 aliphatic heterocycles. The zero-order chi connectivity index (χ0) is 11.5. The number of thiazole rings is 1. The van der Waals surface area contributed by atoms with Crippen LogP contribution < -0.4 is 0 Å². The first-order valence-electron chi connectivity index (χ1n) is 5.15. The number of aromatic nitrogens is 1. The van der Waals surface area contributed by atoms with Crippen molar-refractivity contribution in [1.29, 1.82) is 0 Å². The molecule has 2 aromatic rings. The summed E-state index contributed by atoms with van der Waals surface area (Å²) in [6.45, 7) is 3.60. The van der Waals surface area contributed by atoms with E-state index in [1.54, 1.807) is 30.0 Å². The number of hydrogen-bond acceptors (Lipinski definition) is 4. The minimum atomic E-state index is 0.108. The molecule has 0 saturated carbocycles. The van der Waals surface area contributed by atoms with Crippen LogP contribution in [0.2, 0.25) is 0 Å². The number of nitrogens with zero attached hydrogens (tertiary/aromatic N) is 1. The van der Waals surface area contributed by atoms with Gasteiger partial charge in [0.1, 0.15) is 5.78 Å². The van der Waals surface area contributed by atoms with Crippen LogP contribution in [0.4, 0.5) is 0 Å². The average Bonchev–Trinajstić information content (AvgIpc) is 2.68. The Morgan fingerprint density at radius 1 is 1.50 bits per heavy atom. The first kappa shape index (κ1) is 11.6. The van der Waals surface area contributed by atoms with Crippen LogP contribution in [0.1, 0.15) is 13.8 Å². The third-order valence-corrected chi connectivity index (χ3v) is 4.86. The molecule has 1 aromatic heterocycles. The van der Waals surface area contributed by atoms with E-state index in [-0.39, 0.29) is 11.7 Å². The highest BCUT2D eigenvalue weighted by Gasteiger charge is 2.10. The lowest BCUT2D eigenvalue weighted by Gasteiger charge is -2.03. The van der Waals surface area contributed by atoms with E-state index in [0.29, 0.717) is 0 Å². The van der Waals surface area contributed by atoms with Crippen LogP contribution in [0.5, 0.6) is 0 Å². The molecule has 1 aromatic carbocycles. The van der Waals surface area contributed by atoms with Gasteiger partial charge in [0, 0.05) is 11.7 Å². The smallest absolute Gasteiger partial charge is 0.151 e. The van der Waals surface area contributed by atoms with Gasteiger partial charge >= 0.3 is 0 Å². The Bertz CT molecular complexity index is 473. The first-order valence-corrected chi connectivity index (χ1v) is 6.96. The van der Waals surface area contributed by atoms with Gasteiger partial charge < -0.3 is 0 Å². The molecule has 16 heavy (non-hydrogen) atoms. The fraction of sp³-hybridized carbons (Fsp3) is 0.333. The highest BCUT2D eigenvalue weighted by molar-refractivity contribution is 8.01. The molecule has 1 atom stereocenters. The van der Waals surface area contributed by atoms with Crippen LogP contribution in [0.25, 0.3) is 10.2 Å². The second kappa shape index (κ2) is 4.97. The highest BCUT2D eigenvalue weighted by Crippen LogP contribution is 2.30. The van der Waals surface area contributed by atoms with E-state index < -0.39 is 0 Å². The maximum absolute atomic E-state index is 11.1. The molecule has 84 valence electrons. The van der Waals surface area contributed by atoms with Crippen molar-refractivity contribution in [3.8, 4) is 0 Å². The Balaban J connectivity index is 2.07. The number of rotatable bonds is 4. The van der Waals surface area contributed by atoms with Crippen LogP contribution in [-0.4, -0.2) is 16.5 Å². The molecule has 0 amide bonds. The summed E-state index contributed by atoms with van der Waals surface area (Å²) in [5.41, 5.74) is 1.05. The maximum atomic E-state index is 11.1. The molecule has 0 radical (unpaired) electrons. The average molecular weight is 251 g/mol. The first-order chi connectivity index (χ1) is 7.66. The third-order valence-electron chi connectivity index (χ3n) is 2.43. The maximum Gasteiger partial charge on any atom is 0.151 e. The number of carbonyl (C=O) groups excluding carboxylic acids is 1. The largest absolute Gasteiger partial charge is 0.300 e. The molecular formula is C12H13NOS2. The number of benzene rings is 1. The molecule has 0 fully saturated rings. The SMILES string of the molecule is CC(=O)C(C)CSc1nc2ccccc2s1. The normalized spacial score (nSPS) is 12.9. The number of thioether (sulfide) groups is 1. The second-order valence-electron chi connectivity index (χ2n) is 3.77. The fourth-order valence-electron chi connectivity index (χ4n) is 1.23. The molecule has 0 N–H and O–H groups in total. The zero-order valence-corrected chi connectivity index (χ0v) is 10.9. The standard InChI is InChI=1S/C12H13NOS2/c1-8(9(2)14)7-15-12-13-10-5-3-4-6-11(10)16-12/h3-6,8H,7H2,1-2H3. The minimum absolute atomic E-state index is 0.108. The van der Waals surface area contributed by atoms with E-state index >= 15 is 0 Å². The van der Waals surface area contributed by atoms with E-state index in [4.69, 9.17) is 0 Å². The van der Waals surface area contributed by atoms with E-state index in [0.717, 1.165) is 15.6 Å². The van der Waals surface area contributed by atoms with Gasteiger partial charge in [-0.05, 0) is 19.1 Å². The summed E-state index contributed by atoms with van der Waals surface area (Å²) >= 11 is 3.36.